The fourth-order valence-electron chi connectivity index (χ4n) is 1.82. The van der Waals surface area contributed by atoms with Gasteiger partial charge in [-0.1, -0.05) is 6.92 Å². The first-order valence-electron chi connectivity index (χ1n) is 5.40. The average Bonchev–Trinajstić information content (AvgIpc) is 2.16. The molecule has 3 heteroatoms. The quantitative estimate of drug-likeness (QED) is 0.691. The van der Waals surface area contributed by atoms with Crippen molar-refractivity contribution in [2.45, 2.75) is 32.3 Å². The summed E-state index contributed by atoms with van der Waals surface area (Å²) < 4.78 is 5.73. The molecule has 0 radical (unpaired) electrons. The third kappa shape index (κ3) is 4.07. The van der Waals surface area contributed by atoms with Crippen molar-refractivity contribution >= 4 is 0 Å². The molecule has 1 aliphatic heterocycles. The van der Waals surface area contributed by atoms with Gasteiger partial charge in [0.1, 0.15) is 0 Å². The van der Waals surface area contributed by atoms with E-state index in [0.717, 1.165) is 32.7 Å². The number of nitrogens with zero attached hydrogens (tertiary/aromatic N) is 1. The lowest BCUT2D eigenvalue weighted by atomic mass is 10.1. The van der Waals surface area contributed by atoms with Crippen LogP contribution in [0.2, 0.25) is 0 Å². The third-order valence-electron chi connectivity index (χ3n) is 2.47. The largest absolute Gasteiger partial charge is 0.377 e. The normalized spacial score (nSPS) is 24.9. The molecular weight excluding hydrogens is 164 g/mol. The first kappa shape index (κ1) is 11.0. The lowest BCUT2D eigenvalue weighted by Gasteiger charge is -2.32. The third-order valence-corrected chi connectivity index (χ3v) is 2.47. The molecule has 0 aromatic rings. The molecule has 1 aliphatic rings. The van der Waals surface area contributed by atoms with Crippen molar-refractivity contribution in [2.24, 2.45) is 5.73 Å². The summed E-state index contributed by atoms with van der Waals surface area (Å²) in [6, 6.07) is 0. The Morgan fingerprint density at radius 1 is 1.54 bits per heavy atom. The van der Waals surface area contributed by atoms with E-state index in [4.69, 9.17) is 10.5 Å². The van der Waals surface area contributed by atoms with Gasteiger partial charge in [0.2, 0.25) is 0 Å². The lowest BCUT2D eigenvalue weighted by Crippen LogP contribution is -2.42. The van der Waals surface area contributed by atoms with E-state index >= 15 is 0 Å². The Bertz CT molecular complexity index is 128. The number of hydrogen-bond donors (Lipinski definition) is 1. The van der Waals surface area contributed by atoms with E-state index < -0.39 is 0 Å². The van der Waals surface area contributed by atoms with Crippen LogP contribution in [0.5, 0.6) is 0 Å². The molecule has 0 aliphatic carbocycles. The molecule has 0 saturated carbocycles. The van der Waals surface area contributed by atoms with E-state index in [2.05, 4.69) is 11.8 Å². The Hall–Kier alpha value is -0.120. The van der Waals surface area contributed by atoms with Crippen LogP contribution in [0.3, 0.4) is 0 Å². The van der Waals surface area contributed by atoms with Crippen molar-refractivity contribution in [3.05, 3.63) is 0 Å². The van der Waals surface area contributed by atoms with E-state index in [1.165, 1.54) is 19.4 Å². The van der Waals surface area contributed by atoms with Crippen LogP contribution in [0, 0.1) is 0 Å². The molecular formula is C10H22N2O. The maximum atomic E-state index is 5.73. The highest BCUT2D eigenvalue weighted by atomic mass is 16.5. The summed E-state index contributed by atoms with van der Waals surface area (Å²) in [6.45, 7) is 7.12. The molecule has 1 rings (SSSR count). The van der Waals surface area contributed by atoms with Gasteiger partial charge >= 0.3 is 0 Å². The van der Waals surface area contributed by atoms with Gasteiger partial charge in [-0.05, 0) is 25.8 Å². The minimum Gasteiger partial charge on any atom is -0.377 e. The van der Waals surface area contributed by atoms with Gasteiger partial charge in [-0.25, -0.2) is 0 Å². The van der Waals surface area contributed by atoms with Crippen molar-refractivity contribution in [1.29, 1.82) is 0 Å². The zero-order chi connectivity index (χ0) is 9.52. The van der Waals surface area contributed by atoms with Crippen LogP contribution in [0.15, 0.2) is 0 Å². The number of nitrogens with two attached hydrogens (primary N) is 1. The number of hydrogen-bond acceptors (Lipinski definition) is 3. The van der Waals surface area contributed by atoms with Crippen LogP contribution < -0.4 is 5.73 Å². The maximum Gasteiger partial charge on any atom is 0.0702 e. The molecule has 3 nitrogen and oxygen atoms in total. The van der Waals surface area contributed by atoms with Crippen molar-refractivity contribution < 1.29 is 4.74 Å². The Morgan fingerprint density at radius 2 is 2.38 bits per heavy atom. The van der Waals surface area contributed by atoms with Crippen molar-refractivity contribution in [3.8, 4) is 0 Å². The molecule has 0 spiro atoms. The molecule has 1 fully saturated rings. The first-order valence-corrected chi connectivity index (χ1v) is 5.40. The highest BCUT2D eigenvalue weighted by molar-refractivity contribution is 4.73. The standard InChI is InChI=1S/C10H22N2O/c1-2-8-13-10-4-3-6-12(9-10)7-5-11/h10H,2-9,11H2,1H3. The Labute approximate surface area is 81.2 Å². The maximum absolute atomic E-state index is 5.73. The van der Waals surface area contributed by atoms with Gasteiger partial charge in [0.05, 0.1) is 6.10 Å². The Morgan fingerprint density at radius 3 is 3.08 bits per heavy atom. The van der Waals surface area contributed by atoms with Crippen LogP contribution in [0.25, 0.3) is 0 Å². The molecule has 2 N–H and O–H groups in total. The predicted molar refractivity (Wildman–Crippen MR) is 54.8 cm³/mol. The fraction of sp³-hybridized carbons (Fsp3) is 1.00. The first-order chi connectivity index (χ1) is 6.36. The smallest absolute Gasteiger partial charge is 0.0702 e. The summed E-state index contributed by atoms with van der Waals surface area (Å²) in [4.78, 5) is 2.41. The Balaban J connectivity index is 2.16. The van der Waals surface area contributed by atoms with Gasteiger partial charge in [0.15, 0.2) is 0 Å². The second-order valence-electron chi connectivity index (χ2n) is 3.72. The van der Waals surface area contributed by atoms with Gasteiger partial charge in [-0.2, -0.15) is 0 Å². The lowest BCUT2D eigenvalue weighted by molar-refractivity contribution is 0.000869. The molecule has 1 atom stereocenters. The minimum absolute atomic E-state index is 0.459. The SMILES string of the molecule is CCCOC1CCCN(CCN)C1. The molecule has 0 bridgehead atoms. The van der Waals surface area contributed by atoms with E-state index in [-0.39, 0.29) is 0 Å². The van der Waals surface area contributed by atoms with Crippen molar-refractivity contribution in [2.75, 3.05) is 32.8 Å². The highest BCUT2D eigenvalue weighted by Crippen LogP contribution is 2.12. The topological polar surface area (TPSA) is 38.5 Å². The number of ether oxygens (including phenoxy) is 1. The highest BCUT2D eigenvalue weighted by Gasteiger charge is 2.18. The Kier molecular flexibility index (Phi) is 5.35. The van der Waals surface area contributed by atoms with E-state index in [9.17, 15) is 0 Å². The number of likely N-dealkylation sites (tertiary alicyclic amines) is 1. The average molecular weight is 186 g/mol. The second-order valence-corrected chi connectivity index (χ2v) is 3.72. The molecule has 13 heavy (non-hydrogen) atoms. The summed E-state index contributed by atoms with van der Waals surface area (Å²) in [5, 5.41) is 0. The van der Waals surface area contributed by atoms with Crippen LogP contribution in [-0.2, 0) is 4.74 Å². The monoisotopic (exact) mass is 186 g/mol. The van der Waals surface area contributed by atoms with Gasteiger partial charge < -0.3 is 10.5 Å². The summed E-state index contributed by atoms with van der Waals surface area (Å²) >= 11 is 0. The molecule has 1 saturated heterocycles. The summed E-state index contributed by atoms with van der Waals surface area (Å²) in [5.74, 6) is 0. The van der Waals surface area contributed by atoms with Gasteiger partial charge in [-0.15, -0.1) is 0 Å². The van der Waals surface area contributed by atoms with E-state index in [1.54, 1.807) is 0 Å². The van der Waals surface area contributed by atoms with Crippen LogP contribution in [-0.4, -0.2) is 43.8 Å². The number of rotatable bonds is 5. The molecule has 0 aromatic heterocycles. The van der Waals surface area contributed by atoms with Crippen molar-refractivity contribution in [1.82, 2.24) is 4.90 Å². The van der Waals surface area contributed by atoms with Crippen molar-refractivity contribution in [3.63, 3.8) is 0 Å². The van der Waals surface area contributed by atoms with Gasteiger partial charge in [0.25, 0.3) is 0 Å². The van der Waals surface area contributed by atoms with Gasteiger partial charge in [0, 0.05) is 26.2 Å². The second kappa shape index (κ2) is 6.35. The van der Waals surface area contributed by atoms with E-state index in [0.29, 0.717) is 6.10 Å². The zero-order valence-corrected chi connectivity index (χ0v) is 8.67. The summed E-state index contributed by atoms with van der Waals surface area (Å²) in [6.07, 6.45) is 4.06. The van der Waals surface area contributed by atoms with Crippen LogP contribution >= 0.6 is 0 Å². The predicted octanol–water partition coefficient (Wildman–Crippen LogP) is 0.836. The molecule has 1 heterocycles. The molecule has 78 valence electrons. The zero-order valence-electron chi connectivity index (χ0n) is 8.67. The molecule has 1 unspecified atom stereocenters. The van der Waals surface area contributed by atoms with Crippen LogP contribution in [0.4, 0.5) is 0 Å². The van der Waals surface area contributed by atoms with Gasteiger partial charge in [-0.3, -0.25) is 4.90 Å². The van der Waals surface area contributed by atoms with Crippen LogP contribution in [0.1, 0.15) is 26.2 Å². The fourth-order valence-corrected chi connectivity index (χ4v) is 1.82. The minimum atomic E-state index is 0.459. The summed E-state index contributed by atoms with van der Waals surface area (Å²) in [5.41, 5.74) is 5.52. The summed E-state index contributed by atoms with van der Waals surface area (Å²) in [7, 11) is 0. The molecule has 0 amide bonds. The molecule has 0 aromatic carbocycles. The van der Waals surface area contributed by atoms with E-state index in [1.807, 2.05) is 0 Å². The number of piperidine rings is 1.